The third-order valence-corrected chi connectivity index (χ3v) is 3.33. The van der Waals surface area contributed by atoms with E-state index in [1.807, 2.05) is 12.1 Å². The van der Waals surface area contributed by atoms with Gasteiger partial charge in [0.15, 0.2) is 0 Å². The Morgan fingerprint density at radius 1 is 1.40 bits per heavy atom. The predicted octanol–water partition coefficient (Wildman–Crippen LogP) is 1.37. The van der Waals surface area contributed by atoms with E-state index >= 15 is 0 Å². The molecule has 1 aliphatic carbocycles. The summed E-state index contributed by atoms with van der Waals surface area (Å²) in [5, 5.41) is 13.0. The standard InChI is InChI=1S/C12H15NO2/c14-9-3-1-8-2-4-11-12(10(8)7-9)15-6-5-13-11/h1,3,7,11-14H,2,4-6H2/t11-,12-/m0/s1. The second-order valence-electron chi connectivity index (χ2n) is 4.27. The molecule has 3 nitrogen and oxygen atoms in total. The molecule has 0 bridgehead atoms. The number of hydrogen-bond acceptors (Lipinski definition) is 3. The summed E-state index contributed by atoms with van der Waals surface area (Å²) >= 11 is 0. The van der Waals surface area contributed by atoms with Gasteiger partial charge >= 0.3 is 0 Å². The van der Waals surface area contributed by atoms with Crippen molar-refractivity contribution < 1.29 is 9.84 Å². The van der Waals surface area contributed by atoms with Crippen LogP contribution in [0.4, 0.5) is 0 Å². The number of nitrogens with one attached hydrogen (secondary N) is 1. The molecule has 1 aromatic rings. The summed E-state index contributed by atoms with van der Waals surface area (Å²) < 4.78 is 5.79. The van der Waals surface area contributed by atoms with Gasteiger partial charge in [-0.25, -0.2) is 0 Å². The lowest BCUT2D eigenvalue weighted by Crippen LogP contribution is -2.45. The Bertz CT molecular complexity index is 378. The summed E-state index contributed by atoms with van der Waals surface area (Å²) in [5.41, 5.74) is 2.48. The van der Waals surface area contributed by atoms with Crippen molar-refractivity contribution in [1.29, 1.82) is 0 Å². The Kier molecular flexibility index (Phi) is 2.15. The van der Waals surface area contributed by atoms with Crippen molar-refractivity contribution in [3.63, 3.8) is 0 Å². The summed E-state index contributed by atoms with van der Waals surface area (Å²) in [6.07, 6.45) is 2.34. The van der Waals surface area contributed by atoms with E-state index in [1.165, 1.54) is 11.1 Å². The van der Waals surface area contributed by atoms with Crippen LogP contribution in [0.2, 0.25) is 0 Å². The van der Waals surface area contributed by atoms with E-state index in [2.05, 4.69) is 5.32 Å². The van der Waals surface area contributed by atoms with Crippen molar-refractivity contribution in [2.45, 2.75) is 25.0 Å². The van der Waals surface area contributed by atoms with Crippen LogP contribution >= 0.6 is 0 Å². The summed E-state index contributed by atoms with van der Waals surface area (Å²) in [5.74, 6) is 0.337. The number of phenols is 1. The minimum absolute atomic E-state index is 0.134. The molecule has 1 aliphatic heterocycles. The Morgan fingerprint density at radius 2 is 2.33 bits per heavy atom. The Labute approximate surface area is 89.1 Å². The smallest absolute Gasteiger partial charge is 0.115 e. The molecule has 3 heteroatoms. The molecule has 0 aromatic heterocycles. The molecule has 1 aromatic carbocycles. The molecule has 0 unspecified atom stereocenters. The van der Waals surface area contributed by atoms with Crippen LogP contribution in [-0.2, 0) is 11.2 Å². The van der Waals surface area contributed by atoms with Crippen molar-refractivity contribution in [3.05, 3.63) is 29.3 Å². The lowest BCUT2D eigenvalue weighted by atomic mass is 9.85. The Hall–Kier alpha value is -1.06. The number of aromatic hydroxyl groups is 1. The zero-order chi connectivity index (χ0) is 10.3. The highest BCUT2D eigenvalue weighted by Crippen LogP contribution is 2.35. The molecule has 1 saturated heterocycles. The van der Waals surface area contributed by atoms with Gasteiger partial charge in [0.2, 0.25) is 0 Å². The van der Waals surface area contributed by atoms with E-state index in [-0.39, 0.29) is 6.10 Å². The van der Waals surface area contributed by atoms with Gasteiger partial charge in [-0.1, -0.05) is 6.07 Å². The minimum atomic E-state index is 0.134. The molecule has 15 heavy (non-hydrogen) atoms. The van der Waals surface area contributed by atoms with Crippen molar-refractivity contribution in [3.8, 4) is 5.75 Å². The summed E-state index contributed by atoms with van der Waals surface area (Å²) in [6, 6.07) is 6.04. The summed E-state index contributed by atoms with van der Waals surface area (Å²) in [4.78, 5) is 0. The molecular formula is C12H15NO2. The highest BCUT2D eigenvalue weighted by molar-refractivity contribution is 5.39. The van der Waals surface area contributed by atoms with Gasteiger partial charge in [0.1, 0.15) is 5.75 Å². The molecule has 2 N–H and O–H groups in total. The average molecular weight is 205 g/mol. The van der Waals surface area contributed by atoms with Gasteiger partial charge in [0.25, 0.3) is 0 Å². The van der Waals surface area contributed by atoms with Gasteiger partial charge in [0.05, 0.1) is 12.7 Å². The first kappa shape index (κ1) is 9.19. The fourth-order valence-corrected chi connectivity index (χ4v) is 2.60. The third-order valence-electron chi connectivity index (χ3n) is 3.33. The second kappa shape index (κ2) is 3.51. The molecule has 80 valence electrons. The van der Waals surface area contributed by atoms with E-state index in [0.29, 0.717) is 11.8 Å². The number of ether oxygens (including phenoxy) is 1. The van der Waals surface area contributed by atoms with E-state index < -0.39 is 0 Å². The first-order chi connectivity index (χ1) is 7.34. The Morgan fingerprint density at radius 3 is 3.27 bits per heavy atom. The number of rotatable bonds is 0. The monoisotopic (exact) mass is 205 g/mol. The van der Waals surface area contributed by atoms with Crippen molar-refractivity contribution in [2.75, 3.05) is 13.2 Å². The van der Waals surface area contributed by atoms with Crippen LogP contribution in [0.25, 0.3) is 0 Å². The zero-order valence-electron chi connectivity index (χ0n) is 8.57. The largest absolute Gasteiger partial charge is 0.508 e. The highest BCUT2D eigenvalue weighted by atomic mass is 16.5. The number of phenolic OH excluding ortho intramolecular Hbond substituents is 1. The predicted molar refractivity (Wildman–Crippen MR) is 56.9 cm³/mol. The molecule has 2 aliphatic rings. The van der Waals surface area contributed by atoms with E-state index in [0.717, 1.165) is 26.0 Å². The fourth-order valence-electron chi connectivity index (χ4n) is 2.60. The SMILES string of the molecule is Oc1ccc2c(c1)[C@@H]1OCCN[C@H]1CC2. The number of aryl methyl sites for hydroxylation is 1. The van der Waals surface area contributed by atoms with E-state index in [1.54, 1.807) is 6.07 Å². The van der Waals surface area contributed by atoms with Gasteiger partial charge in [-0.05, 0) is 36.1 Å². The van der Waals surface area contributed by atoms with Crippen LogP contribution in [0.5, 0.6) is 5.75 Å². The van der Waals surface area contributed by atoms with E-state index in [9.17, 15) is 5.11 Å². The minimum Gasteiger partial charge on any atom is -0.508 e. The normalized spacial score (nSPS) is 29.3. The molecule has 3 rings (SSSR count). The number of fused-ring (bicyclic) bond motifs is 3. The van der Waals surface area contributed by atoms with Crippen molar-refractivity contribution >= 4 is 0 Å². The molecule has 0 amide bonds. The average Bonchev–Trinajstić information content (AvgIpc) is 2.29. The van der Waals surface area contributed by atoms with Gasteiger partial charge < -0.3 is 15.2 Å². The van der Waals surface area contributed by atoms with E-state index in [4.69, 9.17) is 4.74 Å². The van der Waals surface area contributed by atoms with Gasteiger partial charge in [-0.15, -0.1) is 0 Å². The molecule has 0 saturated carbocycles. The molecule has 1 fully saturated rings. The molecule has 0 spiro atoms. The lowest BCUT2D eigenvalue weighted by molar-refractivity contribution is -0.0128. The number of benzene rings is 1. The van der Waals surface area contributed by atoms with Crippen LogP contribution in [-0.4, -0.2) is 24.3 Å². The first-order valence-electron chi connectivity index (χ1n) is 5.51. The van der Waals surface area contributed by atoms with Gasteiger partial charge in [0, 0.05) is 12.6 Å². The van der Waals surface area contributed by atoms with Crippen molar-refractivity contribution in [2.24, 2.45) is 0 Å². The van der Waals surface area contributed by atoms with Gasteiger partial charge in [-0.2, -0.15) is 0 Å². The van der Waals surface area contributed by atoms with Crippen molar-refractivity contribution in [1.82, 2.24) is 5.32 Å². The Balaban J connectivity index is 2.01. The summed E-state index contributed by atoms with van der Waals surface area (Å²) in [6.45, 7) is 1.70. The second-order valence-corrected chi connectivity index (χ2v) is 4.27. The topological polar surface area (TPSA) is 41.5 Å². The first-order valence-corrected chi connectivity index (χ1v) is 5.51. The van der Waals surface area contributed by atoms with Crippen LogP contribution in [0, 0.1) is 0 Å². The molecule has 2 atom stereocenters. The molecule has 1 heterocycles. The van der Waals surface area contributed by atoms with Crippen LogP contribution in [0.3, 0.4) is 0 Å². The summed E-state index contributed by atoms with van der Waals surface area (Å²) in [7, 11) is 0. The maximum atomic E-state index is 9.50. The third kappa shape index (κ3) is 1.52. The maximum Gasteiger partial charge on any atom is 0.115 e. The zero-order valence-corrected chi connectivity index (χ0v) is 8.57. The van der Waals surface area contributed by atoms with Crippen LogP contribution < -0.4 is 5.32 Å². The number of hydrogen-bond donors (Lipinski definition) is 2. The van der Waals surface area contributed by atoms with Crippen LogP contribution in [0.1, 0.15) is 23.7 Å². The highest BCUT2D eigenvalue weighted by Gasteiger charge is 2.32. The molecular weight excluding hydrogens is 190 g/mol. The van der Waals surface area contributed by atoms with Crippen LogP contribution in [0.15, 0.2) is 18.2 Å². The number of morpholine rings is 1. The fraction of sp³-hybridized carbons (Fsp3) is 0.500. The lowest BCUT2D eigenvalue weighted by Gasteiger charge is -2.37. The quantitative estimate of drug-likeness (QED) is 0.672. The van der Waals surface area contributed by atoms with Gasteiger partial charge in [-0.3, -0.25) is 0 Å². The maximum absolute atomic E-state index is 9.50. The molecule has 0 radical (unpaired) electrons.